The normalized spacial score (nSPS) is 16.8. The van der Waals surface area contributed by atoms with Gasteiger partial charge in [-0.05, 0) is 0 Å². The Balaban J connectivity index is 0.00000112. The summed E-state index contributed by atoms with van der Waals surface area (Å²) in [7, 11) is 0. The zero-order valence-corrected chi connectivity index (χ0v) is 13.5. The van der Waals surface area contributed by atoms with Crippen LogP contribution in [0, 0.1) is 0 Å². The molecule has 16 heavy (non-hydrogen) atoms. The molecule has 0 N–H and O–H groups in total. The summed E-state index contributed by atoms with van der Waals surface area (Å²) in [5.41, 5.74) is 3.02. The van der Waals surface area contributed by atoms with Crippen molar-refractivity contribution in [3.63, 3.8) is 0 Å². The summed E-state index contributed by atoms with van der Waals surface area (Å²) in [6.45, 7) is 2.27. The number of fused-ring (bicyclic) bond motifs is 1. The van der Waals surface area contributed by atoms with Gasteiger partial charge in [-0.15, -0.1) is 24.8 Å². The summed E-state index contributed by atoms with van der Waals surface area (Å²) in [6, 6.07) is 8.84. The van der Waals surface area contributed by atoms with E-state index in [9.17, 15) is 0 Å². The molecule has 0 spiro atoms. The van der Waals surface area contributed by atoms with Gasteiger partial charge in [0.15, 0.2) is 0 Å². The molecular weight excluding hydrogens is 318 g/mol. The topological polar surface area (TPSA) is 0 Å². The van der Waals surface area contributed by atoms with Crippen LogP contribution in [-0.2, 0) is 24.7 Å². The van der Waals surface area contributed by atoms with Gasteiger partial charge in [-0.2, -0.15) is 0 Å². The maximum Gasteiger partial charge on any atom is -0.147 e. The van der Waals surface area contributed by atoms with E-state index in [1.54, 1.807) is 33.6 Å². The molecule has 0 amide bonds. The van der Waals surface area contributed by atoms with Crippen LogP contribution < -0.4 is 0 Å². The van der Waals surface area contributed by atoms with Gasteiger partial charge in [-0.1, -0.05) is 0 Å². The molecule has 0 saturated carbocycles. The van der Waals surface area contributed by atoms with Gasteiger partial charge in [-0.3, -0.25) is 0 Å². The van der Waals surface area contributed by atoms with Crippen LogP contribution in [0.3, 0.4) is 0 Å². The van der Waals surface area contributed by atoms with Crippen molar-refractivity contribution >= 4 is 30.9 Å². The Morgan fingerprint density at radius 2 is 1.88 bits per heavy atom. The molecular formula is C13H17Cl2Zr. The maximum absolute atomic E-state index is 2.38. The minimum absolute atomic E-state index is 0. The molecule has 1 aromatic rings. The zero-order valence-electron chi connectivity index (χ0n) is 9.40. The Kier molecular flexibility index (Phi) is 7.90. The number of hydrogen-bond acceptors (Lipinski definition) is 0. The standard InChI is InChI=1S/C13H15.2ClH.Zr/c1-2-3-6-11-9-10-12-7-4-5-8-13(11)12;;;/h4-5,7-8,10-11H,2-3,6H2,1H3;2*1H;. The third kappa shape index (κ3) is 3.46. The van der Waals surface area contributed by atoms with Gasteiger partial charge >= 0.3 is 102 Å². The monoisotopic (exact) mass is 333 g/mol. The predicted octanol–water partition coefficient (Wildman–Crippen LogP) is 4.71. The number of halogens is 2. The first-order valence-corrected chi connectivity index (χ1v) is 6.58. The van der Waals surface area contributed by atoms with E-state index in [0.717, 1.165) is 5.92 Å². The second-order valence-corrected chi connectivity index (χ2v) is 5.34. The summed E-state index contributed by atoms with van der Waals surface area (Å²) in [6.07, 6.45) is 6.38. The molecule has 1 atom stereocenters. The predicted molar refractivity (Wildman–Crippen MR) is 71.2 cm³/mol. The van der Waals surface area contributed by atoms with E-state index >= 15 is 0 Å². The van der Waals surface area contributed by atoms with Gasteiger partial charge in [0, 0.05) is 0 Å². The van der Waals surface area contributed by atoms with E-state index in [-0.39, 0.29) is 24.8 Å². The molecule has 0 heterocycles. The fourth-order valence-electron chi connectivity index (χ4n) is 2.11. The molecule has 87 valence electrons. The molecule has 0 aromatic heterocycles. The molecule has 0 fully saturated rings. The van der Waals surface area contributed by atoms with Crippen LogP contribution in [-0.4, -0.2) is 0 Å². The summed E-state index contributed by atoms with van der Waals surface area (Å²) >= 11 is 1.59. The van der Waals surface area contributed by atoms with Crippen LogP contribution in [0.5, 0.6) is 0 Å². The number of benzene rings is 1. The van der Waals surface area contributed by atoms with Crippen molar-refractivity contribution in [1.82, 2.24) is 0 Å². The van der Waals surface area contributed by atoms with E-state index < -0.39 is 0 Å². The Morgan fingerprint density at radius 3 is 2.56 bits per heavy atom. The molecule has 1 aliphatic rings. The third-order valence-corrected chi connectivity index (χ3v) is 4.12. The summed E-state index contributed by atoms with van der Waals surface area (Å²) in [5.74, 6) is 0.740. The fraction of sp³-hybridized carbons (Fsp3) is 0.385. The van der Waals surface area contributed by atoms with Gasteiger partial charge in [0.2, 0.25) is 0 Å². The van der Waals surface area contributed by atoms with E-state index in [4.69, 9.17) is 0 Å². The van der Waals surface area contributed by atoms with Crippen LogP contribution in [0.1, 0.15) is 43.2 Å². The molecule has 0 saturated heterocycles. The number of unbranched alkanes of at least 4 members (excludes halogenated alkanes) is 1. The number of rotatable bonds is 3. The molecule has 0 nitrogen and oxygen atoms in total. The van der Waals surface area contributed by atoms with E-state index in [0.29, 0.717) is 0 Å². The van der Waals surface area contributed by atoms with E-state index in [2.05, 4.69) is 37.3 Å². The molecule has 1 aliphatic carbocycles. The van der Waals surface area contributed by atoms with Crippen molar-refractivity contribution in [2.75, 3.05) is 0 Å². The maximum atomic E-state index is 2.38. The van der Waals surface area contributed by atoms with E-state index in [1.807, 2.05) is 0 Å². The summed E-state index contributed by atoms with van der Waals surface area (Å²) in [4.78, 5) is 0. The SMILES string of the molecule is CCCCC1[C]([Zr])=Cc2ccccc21.Cl.Cl. The number of hydrogen-bond donors (Lipinski definition) is 0. The van der Waals surface area contributed by atoms with Gasteiger partial charge in [0.25, 0.3) is 0 Å². The minimum atomic E-state index is 0. The Bertz CT molecular complexity index is 361. The van der Waals surface area contributed by atoms with Crippen LogP contribution >= 0.6 is 24.8 Å². The quantitative estimate of drug-likeness (QED) is 0.751. The first-order chi connectivity index (χ1) is 6.83. The van der Waals surface area contributed by atoms with Crippen molar-refractivity contribution in [2.24, 2.45) is 0 Å². The zero-order chi connectivity index (χ0) is 9.97. The van der Waals surface area contributed by atoms with Crippen molar-refractivity contribution in [1.29, 1.82) is 0 Å². The summed E-state index contributed by atoms with van der Waals surface area (Å²) < 4.78 is 1.63. The molecule has 0 aliphatic heterocycles. The second kappa shape index (κ2) is 7.69. The Hall–Kier alpha value is 0.423. The Morgan fingerprint density at radius 1 is 1.19 bits per heavy atom. The van der Waals surface area contributed by atoms with Crippen molar-refractivity contribution in [3.8, 4) is 0 Å². The molecule has 1 aromatic carbocycles. The van der Waals surface area contributed by atoms with Crippen LogP contribution in [0.25, 0.3) is 6.08 Å². The van der Waals surface area contributed by atoms with Crippen LogP contribution in [0.4, 0.5) is 0 Å². The molecule has 0 radical (unpaired) electrons. The first-order valence-electron chi connectivity index (χ1n) is 5.35. The minimum Gasteiger partial charge on any atom is -0.147 e. The smallest absolute Gasteiger partial charge is 0.147 e. The van der Waals surface area contributed by atoms with E-state index in [1.165, 1.54) is 24.8 Å². The Labute approximate surface area is 126 Å². The first kappa shape index (κ1) is 16.4. The van der Waals surface area contributed by atoms with Gasteiger partial charge in [0.1, 0.15) is 0 Å². The van der Waals surface area contributed by atoms with Gasteiger partial charge < -0.3 is 0 Å². The molecule has 2 rings (SSSR count). The van der Waals surface area contributed by atoms with Crippen molar-refractivity contribution in [3.05, 3.63) is 38.7 Å². The van der Waals surface area contributed by atoms with Crippen molar-refractivity contribution < 1.29 is 24.7 Å². The van der Waals surface area contributed by atoms with Gasteiger partial charge in [-0.25, -0.2) is 0 Å². The second-order valence-electron chi connectivity index (χ2n) is 3.92. The van der Waals surface area contributed by atoms with Gasteiger partial charge in [0.05, 0.1) is 0 Å². The third-order valence-electron chi connectivity index (χ3n) is 2.90. The van der Waals surface area contributed by atoms with Crippen LogP contribution in [0.15, 0.2) is 27.5 Å². The fourth-order valence-corrected chi connectivity index (χ4v) is 3.23. The summed E-state index contributed by atoms with van der Waals surface area (Å²) in [5, 5.41) is 0. The van der Waals surface area contributed by atoms with Crippen LogP contribution in [0.2, 0.25) is 0 Å². The molecule has 0 bridgehead atoms. The molecule has 1 unspecified atom stereocenters. The average molecular weight is 335 g/mol. The molecule has 3 heteroatoms. The average Bonchev–Trinajstić information content (AvgIpc) is 2.51. The largest absolute Gasteiger partial charge is 0.147 e. The van der Waals surface area contributed by atoms with Crippen molar-refractivity contribution in [2.45, 2.75) is 32.1 Å². The number of allylic oxidation sites excluding steroid dienone is 1.